The van der Waals surface area contributed by atoms with Crippen LogP contribution in [0.25, 0.3) is 0 Å². The molecule has 1 N–H and O–H groups in total. The van der Waals surface area contributed by atoms with Gasteiger partial charge in [-0.15, -0.1) is 11.3 Å². The Balaban J connectivity index is 2.02. The molecule has 3 nitrogen and oxygen atoms in total. The van der Waals surface area contributed by atoms with Gasteiger partial charge in [0.15, 0.2) is 0 Å². The molecule has 0 saturated carbocycles. The third-order valence-electron chi connectivity index (χ3n) is 2.40. The zero-order chi connectivity index (χ0) is 11.4. The number of rotatable bonds is 5. The van der Waals surface area contributed by atoms with E-state index in [9.17, 15) is 0 Å². The third kappa shape index (κ3) is 2.71. The molecule has 0 spiro atoms. The molecule has 0 amide bonds. The highest BCUT2D eigenvalue weighted by Crippen LogP contribution is 2.13. The molecule has 0 fully saturated rings. The van der Waals surface area contributed by atoms with E-state index in [1.807, 2.05) is 18.5 Å². The largest absolute Gasteiger partial charge is 0.392 e. The molecule has 0 radical (unpaired) electrons. The quantitative estimate of drug-likeness (QED) is 0.866. The van der Waals surface area contributed by atoms with Crippen LogP contribution in [-0.4, -0.2) is 14.7 Å². The summed E-state index contributed by atoms with van der Waals surface area (Å²) in [4.78, 5) is 4.57. The van der Waals surface area contributed by atoms with Crippen LogP contribution in [0.1, 0.15) is 29.6 Å². The van der Waals surface area contributed by atoms with Gasteiger partial charge in [0, 0.05) is 17.8 Å². The highest BCUT2D eigenvalue weighted by atomic mass is 32.1. The number of aliphatic hydroxyl groups is 1. The Morgan fingerprint density at radius 2 is 2.38 bits per heavy atom. The lowest BCUT2D eigenvalue weighted by atomic mass is 10.3. The second-order valence-corrected chi connectivity index (χ2v) is 4.78. The van der Waals surface area contributed by atoms with E-state index in [0.717, 1.165) is 30.6 Å². The van der Waals surface area contributed by atoms with Crippen LogP contribution in [0, 0.1) is 0 Å². The summed E-state index contributed by atoms with van der Waals surface area (Å²) in [7, 11) is 0. The Hall–Kier alpha value is -1.13. The molecule has 2 aromatic heterocycles. The number of aromatic nitrogens is 2. The van der Waals surface area contributed by atoms with Crippen LogP contribution in [0.15, 0.2) is 23.8 Å². The molecular weight excluding hydrogens is 220 g/mol. The van der Waals surface area contributed by atoms with Crippen molar-refractivity contribution in [3.05, 3.63) is 40.1 Å². The fourth-order valence-corrected chi connectivity index (χ4v) is 2.51. The predicted molar refractivity (Wildman–Crippen MR) is 65.6 cm³/mol. The first-order valence-electron chi connectivity index (χ1n) is 5.50. The van der Waals surface area contributed by atoms with E-state index >= 15 is 0 Å². The maximum Gasteiger partial charge on any atom is 0.0928 e. The van der Waals surface area contributed by atoms with Gasteiger partial charge in [0.2, 0.25) is 0 Å². The normalized spacial score (nSPS) is 10.9. The van der Waals surface area contributed by atoms with E-state index in [4.69, 9.17) is 5.11 Å². The second kappa shape index (κ2) is 5.27. The minimum absolute atomic E-state index is 0.102. The van der Waals surface area contributed by atoms with Crippen LogP contribution < -0.4 is 0 Å². The molecule has 0 unspecified atom stereocenters. The molecule has 86 valence electrons. The van der Waals surface area contributed by atoms with Crippen LogP contribution in [0.2, 0.25) is 0 Å². The summed E-state index contributed by atoms with van der Waals surface area (Å²) in [5.74, 6) is 0. The fourth-order valence-electron chi connectivity index (χ4n) is 1.62. The van der Waals surface area contributed by atoms with Gasteiger partial charge < -0.3 is 9.67 Å². The van der Waals surface area contributed by atoms with Crippen molar-refractivity contribution in [2.24, 2.45) is 0 Å². The van der Waals surface area contributed by atoms with Gasteiger partial charge >= 0.3 is 0 Å². The van der Waals surface area contributed by atoms with Crippen molar-refractivity contribution in [2.45, 2.75) is 32.9 Å². The molecule has 0 aromatic carbocycles. The van der Waals surface area contributed by atoms with Crippen molar-refractivity contribution in [2.75, 3.05) is 0 Å². The standard InChI is InChI=1S/C12H16N2OS/c1-2-3-12-13-11(9-16-12)7-14-5-4-10(6-14)8-15/h4-6,9,15H,2-3,7-8H2,1H3. The number of thiazole rings is 1. The summed E-state index contributed by atoms with van der Waals surface area (Å²) < 4.78 is 2.05. The van der Waals surface area contributed by atoms with Crippen molar-refractivity contribution in [1.82, 2.24) is 9.55 Å². The zero-order valence-corrected chi connectivity index (χ0v) is 10.2. The highest BCUT2D eigenvalue weighted by Gasteiger charge is 2.02. The lowest BCUT2D eigenvalue weighted by Crippen LogP contribution is -1.97. The van der Waals surface area contributed by atoms with Crippen LogP contribution in [0.4, 0.5) is 0 Å². The Morgan fingerprint density at radius 3 is 3.06 bits per heavy atom. The van der Waals surface area contributed by atoms with Crippen LogP contribution in [-0.2, 0) is 19.6 Å². The van der Waals surface area contributed by atoms with E-state index < -0.39 is 0 Å². The minimum Gasteiger partial charge on any atom is -0.392 e. The summed E-state index contributed by atoms with van der Waals surface area (Å²) in [6.07, 6.45) is 6.15. The highest BCUT2D eigenvalue weighted by molar-refractivity contribution is 7.09. The number of nitrogens with zero attached hydrogens (tertiary/aromatic N) is 2. The van der Waals surface area contributed by atoms with Gasteiger partial charge in [-0.1, -0.05) is 6.92 Å². The molecule has 0 aliphatic carbocycles. The third-order valence-corrected chi connectivity index (χ3v) is 3.36. The van der Waals surface area contributed by atoms with E-state index in [0.29, 0.717) is 0 Å². The monoisotopic (exact) mass is 236 g/mol. The van der Waals surface area contributed by atoms with Crippen LogP contribution in [0.5, 0.6) is 0 Å². The Bertz CT molecular complexity index is 447. The first-order chi connectivity index (χ1) is 7.81. The minimum atomic E-state index is 0.102. The van der Waals surface area contributed by atoms with Gasteiger partial charge in [-0.2, -0.15) is 0 Å². The van der Waals surface area contributed by atoms with Crippen molar-refractivity contribution >= 4 is 11.3 Å². The molecule has 16 heavy (non-hydrogen) atoms. The maximum absolute atomic E-state index is 8.96. The lowest BCUT2D eigenvalue weighted by molar-refractivity contribution is 0.282. The average molecular weight is 236 g/mol. The summed E-state index contributed by atoms with van der Waals surface area (Å²) in [6.45, 7) is 3.06. The van der Waals surface area contributed by atoms with Gasteiger partial charge in [0.05, 0.1) is 23.9 Å². The molecular formula is C12H16N2OS. The van der Waals surface area contributed by atoms with Crippen molar-refractivity contribution in [3.8, 4) is 0 Å². The predicted octanol–water partition coefficient (Wildman–Crippen LogP) is 2.44. The fraction of sp³-hybridized carbons (Fsp3) is 0.417. The summed E-state index contributed by atoms with van der Waals surface area (Å²) >= 11 is 1.73. The van der Waals surface area contributed by atoms with Gasteiger partial charge in [0.1, 0.15) is 0 Å². The SMILES string of the molecule is CCCc1nc(Cn2ccc(CO)c2)cs1. The zero-order valence-electron chi connectivity index (χ0n) is 9.39. The molecule has 0 atom stereocenters. The summed E-state index contributed by atoms with van der Waals surface area (Å²) in [6, 6.07) is 1.93. The molecule has 0 aliphatic rings. The van der Waals surface area contributed by atoms with Gasteiger partial charge in [0.25, 0.3) is 0 Å². The molecule has 2 heterocycles. The number of aryl methyl sites for hydroxylation is 1. The molecule has 0 bridgehead atoms. The second-order valence-electron chi connectivity index (χ2n) is 3.83. The van der Waals surface area contributed by atoms with Crippen molar-refractivity contribution < 1.29 is 5.11 Å². The van der Waals surface area contributed by atoms with E-state index in [-0.39, 0.29) is 6.61 Å². The number of aliphatic hydroxyl groups excluding tert-OH is 1. The summed E-state index contributed by atoms with van der Waals surface area (Å²) in [5.41, 5.74) is 2.05. The van der Waals surface area contributed by atoms with Gasteiger partial charge in [-0.05, 0) is 24.5 Å². The van der Waals surface area contributed by atoms with E-state index in [1.165, 1.54) is 5.01 Å². The molecule has 4 heteroatoms. The topological polar surface area (TPSA) is 38.0 Å². The first kappa shape index (κ1) is 11.4. The average Bonchev–Trinajstić information content (AvgIpc) is 2.89. The Kier molecular flexibility index (Phi) is 3.74. The molecule has 2 rings (SSSR count). The molecule has 0 aliphatic heterocycles. The maximum atomic E-state index is 8.96. The van der Waals surface area contributed by atoms with E-state index in [1.54, 1.807) is 11.3 Å². The number of hydrogen-bond donors (Lipinski definition) is 1. The lowest BCUT2D eigenvalue weighted by Gasteiger charge is -1.98. The smallest absolute Gasteiger partial charge is 0.0928 e. The number of hydrogen-bond acceptors (Lipinski definition) is 3. The first-order valence-corrected chi connectivity index (χ1v) is 6.38. The van der Waals surface area contributed by atoms with Crippen molar-refractivity contribution in [3.63, 3.8) is 0 Å². The Morgan fingerprint density at radius 1 is 1.50 bits per heavy atom. The van der Waals surface area contributed by atoms with Crippen molar-refractivity contribution in [1.29, 1.82) is 0 Å². The van der Waals surface area contributed by atoms with Crippen LogP contribution in [0.3, 0.4) is 0 Å². The van der Waals surface area contributed by atoms with E-state index in [2.05, 4.69) is 21.9 Å². The summed E-state index contributed by atoms with van der Waals surface area (Å²) in [5, 5.41) is 12.3. The van der Waals surface area contributed by atoms with Gasteiger partial charge in [-0.3, -0.25) is 0 Å². The van der Waals surface area contributed by atoms with Gasteiger partial charge in [-0.25, -0.2) is 4.98 Å². The Labute approximate surface area is 99.4 Å². The molecule has 0 saturated heterocycles. The van der Waals surface area contributed by atoms with Crippen LogP contribution >= 0.6 is 11.3 Å². The molecule has 2 aromatic rings.